The van der Waals surface area contributed by atoms with Gasteiger partial charge in [0.05, 0.1) is 22.4 Å². The van der Waals surface area contributed by atoms with Crippen molar-refractivity contribution in [3.63, 3.8) is 0 Å². The number of aryl methyl sites for hydroxylation is 1. The molecule has 0 aliphatic heterocycles. The number of fused-ring (bicyclic) bond motifs is 1. The number of carbonyl (C=O) groups is 2. The van der Waals surface area contributed by atoms with E-state index in [1.807, 2.05) is 6.92 Å². The molecule has 14 heteroatoms. The second kappa shape index (κ2) is 10.9. The zero-order chi connectivity index (χ0) is 28.6. The maximum atomic E-state index is 13.5. The average Bonchev–Trinajstić information content (AvgIpc) is 3.19. The number of anilines is 3. The zero-order valence-corrected chi connectivity index (χ0v) is 24.1. The number of carbonyl (C=O) groups excluding carboxylic acids is 2. The third-order valence-electron chi connectivity index (χ3n) is 5.42. The summed E-state index contributed by atoms with van der Waals surface area (Å²) in [6.45, 7) is 1.83. The molecule has 2 amide bonds. The van der Waals surface area contributed by atoms with E-state index >= 15 is 0 Å². The molecule has 0 aliphatic carbocycles. The fraction of sp³-hybridized carbons (Fsp3) is 0.160. The quantitative estimate of drug-likeness (QED) is 0.293. The normalized spacial score (nSPS) is 11.4. The van der Waals surface area contributed by atoms with Crippen molar-refractivity contribution in [2.45, 2.75) is 6.92 Å². The summed E-state index contributed by atoms with van der Waals surface area (Å²) in [5.41, 5.74) is 1.73. The molecule has 10 nitrogen and oxygen atoms in total. The van der Waals surface area contributed by atoms with E-state index in [1.54, 1.807) is 32.3 Å². The van der Waals surface area contributed by atoms with Crippen molar-refractivity contribution in [2.75, 3.05) is 35.9 Å². The Morgan fingerprint density at radius 1 is 0.897 bits per heavy atom. The van der Waals surface area contributed by atoms with Crippen LogP contribution in [-0.4, -0.2) is 50.3 Å². The van der Waals surface area contributed by atoms with Crippen molar-refractivity contribution in [1.29, 1.82) is 0 Å². The first-order valence-corrected chi connectivity index (χ1v) is 14.2. The standard InChI is InChI=1S/C25H22Cl3N5O5S/c1-13-5-7-15(11-20(13)28)29-24(35)18-10-16(30-23(34)17-9-14(26)6-8-19(17)27)12-21-22(18)31-25(32(2)3)33(21)38-39(4,36)37/h5-12H,1-4H3,(H,29,35)(H,30,34). The Balaban J connectivity index is 1.87. The van der Waals surface area contributed by atoms with Crippen LogP contribution in [0.5, 0.6) is 0 Å². The Morgan fingerprint density at radius 3 is 2.21 bits per heavy atom. The van der Waals surface area contributed by atoms with Gasteiger partial charge in [-0.25, -0.2) is 4.98 Å². The number of benzene rings is 3. The smallest absolute Gasteiger partial charge is 0.324 e. The highest BCUT2D eigenvalue weighted by atomic mass is 35.5. The van der Waals surface area contributed by atoms with Crippen LogP contribution in [-0.2, 0) is 10.1 Å². The van der Waals surface area contributed by atoms with Crippen molar-refractivity contribution >= 4 is 85.1 Å². The summed E-state index contributed by atoms with van der Waals surface area (Å²) < 4.78 is 30.3. The van der Waals surface area contributed by atoms with E-state index in [1.165, 1.54) is 35.2 Å². The van der Waals surface area contributed by atoms with Crippen molar-refractivity contribution in [3.8, 4) is 0 Å². The molecule has 4 rings (SSSR count). The van der Waals surface area contributed by atoms with E-state index in [0.29, 0.717) is 15.7 Å². The van der Waals surface area contributed by atoms with Crippen LogP contribution in [0.25, 0.3) is 11.0 Å². The lowest BCUT2D eigenvalue weighted by Gasteiger charge is -2.14. The first kappa shape index (κ1) is 28.5. The van der Waals surface area contributed by atoms with Gasteiger partial charge in [-0.1, -0.05) is 40.9 Å². The van der Waals surface area contributed by atoms with Gasteiger partial charge in [0.2, 0.25) is 5.95 Å². The number of rotatable bonds is 7. The molecule has 3 aromatic carbocycles. The molecule has 0 bridgehead atoms. The molecule has 0 atom stereocenters. The van der Waals surface area contributed by atoms with Gasteiger partial charge in [-0.15, -0.1) is 4.73 Å². The van der Waals surface area contributed by atoms with E-state index in [4.69, 9.17) is 39.1 Å². The lowest BCUT2D eigenvalue weighted by molar-refractivity contribution is 0.101. The molecule has 204 valence electrons. The van der Waals surface area contributed by atoms with Crippen LogP contribution in [0.15, 0.2) is 48.5 Å². The number of imidazole rings is 1. The van der Waals surface area contributed by atoms with Gasteiger partial charge in [-0.2, -0.15) is 8.42 Å². The van der Waals surface area contributed by atoms with Gasteiger partial charge < -0.3 is 15.5 Å². The fourth-order valence-electron chi connectivity index (χ4n) is 3.62. The summed E-state index contributed by atoms with van der Waals surface area (Å²) in [6, 6.07) is 12.3. The Kier molecular flexibility index (Phi) is 7.99. The molecule has 4 aromatic rings. The molecule has 1 heterocycles. The first-order valence-electron chi connectivity index (χ1n) is 11.2. The second-order valence-corrected chi connectivity index (χ2v) is 11.6. The summed E-state index contributed by atoms with van der Waals surface area (Å²) in [4.78, 5) is 32.5. The Bertz CT molecular complexity index is 1740. The molecule has 0 saturated carbocycles. The third-order valence-corrected chi connectivity index (χ3v) is 6.81. The van der Waals surface area contributed by atoms with Gasteiger partial charge in [0, 0.05) is 35.5 Å². The third kappa shape index (κ3) is 6.39. The highest BCUT2D eigenvalue weighted by Crippen LogP contribution is 2.30. The molecule has 0 saturated heterocycles. The van der Waals surface area contributed by atoms with Crippen molar-refractivity contribution in [1.82, 2.24) is 9.71 Å². The fourth-order valence-corrected chi connectivity index (χ4v) is 4.59. The topological polar surface area (TPSA) is 123 Å². The number of nitrogens with zero attached hydrogens (tertiary/aromatic N) is 3. The number of hydrogen-bond donors (Lipinski definition) is 2. The molecular formula is C25H22Cl3N5O5S. The lowest BCUT2D eigenvalue weighted by Crippen LogP contribution is -2.24. The summed E-state index contributed by atoms with van der Waals surface area (Å²) in [5, 5.41) is 6.35. The van der Waals surface area contributed by atoms with Crippen LogP contribution in [0.3, 0.4) is 0 Å². The monoisotopic (exact) mass is 609 g/mol. The number of aromatic nitrogens is 2. The highest BCUT2D eigenvalue weighted by Gasteiger charge is 2.24. The molecular weight excluding hydrogens is 589 g/mol. The van der Waals surface area contributed by atoms with Crippen LogP contribution in [0, 0.1) is 6.92 Å². The predicted octanol–water partition coefficient (Wildman–Crippen LogP) is 5.26. The summed E-state index contributed by atoms with van der Waals surface area (Å²) in [5.74, 6) is -1.11. The van der Waals surface area contributed by atoms with Crippen molar-refractivity contribution in [2.24, 2.45) is 0 Å². The van der Waals surface area contributed by atoms with E-state index < -0.39 is 21.9 Å². The van der Waals surface area contributed by atoms with E-state index in [-0.39, 0.29) is 38.8 Å². The van der Waals surface area contributed by atoms with Crippen LogP contribution in [0.1, 0.15) is 26.3 Å². The number of nitrogens with one attached hydrogen (secondary N) is 2. The van der Waals surface area contributed by atoms with Gasteiger partial charge >= 0.3 is 10.1 Å². The number of hydrogen-bond acceptors (Lipinski definition) is 7. The number of halogens is 3. The predicted molar refractivity (Wildman–Crippen MR) is 154 cm³/mol. The van der Waals surface area contributed by atoms with Gasteiger partial charge in [0.25, 0.3) is 11.8 Å². The summed E-state index contributed by atoms with van der Waals surface area (Å²) in [6.07, 6.45) is 0.875. The van der Waals surface area contributed by atoms with Gasteiger partial charge in [-0.3, -0.25) is 13.9 Å². The molecule has 0 radical (unpaired) electrons. The largest absolute Gasteiger partial charge is 0.346 e. The van der Waals surface area contributed by atoms with E-state index in [0.717, 1.165) is 16.5 Å². The van der Waals surface area contributed by atoms with Crippen molar-refractivity contribution in [3.05, 3.63) is 80.3 Å². The van der Waals surface area contributed by atoms with Gasteiger partial charge in [0.1, 0.15) is 11.0 Å². The first-order chi connectivity index (χ1) is 18.2. The Morgan fingerprint density at radius 2 is 1.56 bits per heavy atom. The van der Waals surface area contributed by atoms with Crippen LogP contribution >= 0.6 is 34.8 Å². The molecule has 2 N–H and O–H groups in total. The maximum absolute atomic E-state index is 13.5. The minimum Gasteiger partial charge on any atom is -0.346 e. The average molecular weight is 611 g/mol. The van der Waals surface area contributed by atoms with E-state index in [2.05, 4.69) is 15.6 Å². The SMILES string of the molecule is Cc1ccc(NC(=O)c2cc(NC(=O)c3cc(Cl)ccc3Cl)cc3c2nc(N(C)C)n3OS(C)(=O)=O)cc1Cl. The number of amides is 2. The molecule has 0 aliphatic rings. The molecule has 0 fully saturated rings. The molecule has 0 unspecified atom stereocenters. The molecule has 1 aromatic heterocycles. The summed E-state index contributed by atoms with van der Waals surface area (Å²) >= 11 is 18.4. The van der Waals surface area contributed by atoms with Crippen molar-refractivity contribution < 1.29 is 22.3 Å². The highest BCUT2D eigenvalue weighted by molar-refractivity contribution is 7.86. The van der Waals surface area contributed by atoms with Gasteiger partial charge in [0.15, 0.2) is 0 Å². The lowest BCUT2D eigenvalue weighted by atomic mass is 10.1. The Labute approximate surface area is 239 Å². The molecule has 39 heavy (non-hydrogen) atoms. The minimum absolute atomic E-state index is 0.0237. The van der Waals surface area contributed by atoms with Gasteiger partial charge in [-0.05, 0) is 55.0 Å². The zero-order valence-electron chi connectivity index (χ0n) is 21.0. The van der Waals surface area contributed by atoms with Crippen LogP contribution in [0.2, 0.25) is 15.1 Å². The van der Waals surface area contributed by atoms with E-state index in [9.17, 15) is 18.0 Å². The summed E-state index contributed by atoms with van der Waals surface area (Å²) in [7, 11) is -0.760. The Hall–Kier alpha value is -3.51. The maximum Gasteiger partial charge on any atom is 0.324 e. The van der Waals surface area contributed by atoms with Crippen LogP contribution in [0.4, 0.5) is 17.3 Å². The molecule has 0 spiro atoms. The van der Waals surface area contributed by atoms with Crippen LogP contribution < -0.4 is 19.8 Å². The second-order valence-electron chi connectivity index (χ2n) is 8.77. The minimum atomic E-state index is -4.01.